The Hall–Kier alpha value is -1.62. The Morgan fingerprint density at radius 3 is 2.68 bits per heavy atom. The first-order chi connectivity index (χ1) is 9.00. The Morgan fingerprint density at radius 2 is 2.05 bits per heavy atom. The average molecular weight is 282 g/mol. The quantitative estimate of drug-likeness (QED) is 0.867. The monoisotopic (exact) mass is 282 g/mol. The second-order valence-corrected chi connectivity index (χ2v) is 5.57. The summed E-state index contributed by atoms with van der Waals surface area (Å²) in [5, 5.41) is 2.00. The zero-order valence-corrected chi connectivity index (χ0v) is 11.7. The molecule has 0 aliphatic heterocycles. The summed E-state index contributed by atoms with van der Waals surface area (Å²) in [6, 6.07) is 6.47. The highest BCUT2D eigenvalue weighted by Gasteiger charge is 2.20. The van der Waals surface area contributed by atoms with Gasteiger partial charge in [0, 0.05) is 24.4 Å². The molecule has 0 fully saturated rings. The van der Waals surface area contributed by atoms with E-state index in [1.165, 1.54) is 10.9 Å². The molecule has 2 nitrogen and oxygen atoms in total. The Balaban J connectivity index is 2.24. The van der Waals surface area contributed by atoms with Crippen molar-refractivity contribution in [2.75, 3.05) is 17.7 Å². The van der Waals surface area contributed by atoms with E-state index >= 15 is 0 Å². The smallest absolute Gasteiger partial charge is 0.184 e. The summed E-state index contributed by atoms with van der Waals surface area (Å²) in [7, 11) is 1.73. The van der Waals surface area contributed by atoms with Crippen LogP contribution in [0.25, 0.3) is 0 Å². The molecule has 0 amide bonds. The van der Waals surface area contributed by atoms with Crippen molar-refractivity contribution in [3.8, 4) is 0 Å². The molecule has 5 heteroatoms. The molecule has 0 radical (unpaired) electrons. The maximum atomic E-state index is 13.9. The molecule has 2 aromatic rings. The molecule has 0 aliphatic carbocycles. The number of nitrogen functional groups attached to an aromatic ring is 1. The molecular formula is C14H16F2N2S. The van der Waals surface area contributed by atoms with Gasteiger partial charge >= 0.3 is 0 Å². The molecule has 1 aromatic carbocycles. The first-order valence-corrected chi connectivity index (χ1v) is 6.87. The van der Waals surface area contributed by atoms with Crippen molar-refractivity contribution in [2.45, 2.75) is 19.4 Å². The van der Waals surface area contributed by atoms with Gasteiger partial charge < -0.3 is 10.6 Å². The van der Waals surface area contributed by atoms with Crippen LogP contribution in [-0.2, 0) is 6.42 Å². The van der Waals surface area contributed by atoms with E-state index < -0.39 is 11.6 Å². The fraction of sp³-hybridized carbons (Fsp3) is 0.286. The molecule has 2 rings (SSSR count). The third-order valence-electron chi connectivity index (χ3n) is 3.19. The minimum absolute atomic E-state index is 0.0252. The summed E-state index contributed by atoms with van der Waals surface area (Å²) in [6.07, 6.45) is 0.767. The van der Waals surface area contributed by atoms with Crippen LogP contribution in [0.1, 0.15) is 11.8 Å². The van der Waals surface area contributed by atoms with Crippen molar-refractivity contribution < 1.29 is 8.78 Å². The Labute approximate surface area is 115 Å². The van der Waals surface area contributed by atoms with Crippen LogP contribution in [0.5, 0.6) is 0 Å². The molecule has 19 heavy (non-hydrogen) atoms. The fourth-order valence-electron chi connectivity index (χ4n) is 1.99. The summed E-state index contributed by atoms with van der Waals surface area (Å²) >= 11 is 1.65. The van der Waals surface area contributed by atoms with Crippen LogP contribution in [0.3, 0.4) is 0 Å². The molecule has 2 N–H and O–H groups in total. The predicted molar refractivity (Wildman–Crippen MR) is 76.7 cm³/mol. The zero-order valence-electron chi connectivity index (χ0n) is 10.9. The molecule has 0 saturated heterocycles. The van der Waals surface area contributed by atoms with E-state index in [-0.39, 0.29) is 17.4 Å². The molecule has 0 saturated carbocycles. The molecule has 0 aliphatic rings. The predicted octanol–water partition coefficient (Wildman–Crippen LogP) is 3.68. The number of hydrogen-bond donors (Lipinski definition) is 1. The highest BCUT2D eigenvalue weighted by molar-refractivity contribution is 7.09. The normalized spacial score (nSPS) is 12.4. The Kier molecular flexibility index (Phi) is 4.04. The van der Waals surface area contributed by atoms with Crippen molar-refractivity contribution in [1.82, 2.24) is 0 Å². The SMILES string of the molecule is CC(Cc1cccs1)N(C)c1c(N)ccc(F)c1F. The minimum Gasteiger partial charge on any atom is -0.397 e. The van der Waals surface area contributed by atoms with Gasteiger partial charge in [-0.15, -0.1) is 11.3 Å². The van der Waals surface area contributed by atoms with E-state index in [2.05, 4.69) is 0 Å². The third kappa shape index (κ3) is 2.87. The molecule has 0 spiro atoms. The van der Waals surface area contributed by atoms with E-state index in [0.29, 0.717) is 0 Å². The van der Waals surface area contributed by atoms with Gasteiger partial charge in [-0.2, -0.15) is 0 Å². The van der Waals surface area contributed by atoms with Gasteiger partial charge in [-0.1, -0.05) is 6.07 Å². The first kappa shape index (κ1) is 13.8. The maximum absolute atomic E-state index is 13.9. The maximum Gasteiger partial charge on any atom is 0.184 e. The first-order valence-electron chi connectivity index (χ1n) is 5.99. The Morgan fingerprint density at radius 1 is 1.32 bits per heavy atom. The molecule has 102 valence electrons. The summed E-state index contributed by atoms with van der Waals surface area (Å²) in [4.78, 5) is 2.89. The van der Waals surface area contributed by atoms with Gasteiger partial charge in [0.1, 0.15) is 0 Å². The van der Waals surface area contributed by atoms with Gasteiger partial charge in [0.2, 0.25) is 0 Å². The van der Waals surface area contributed by atoms with Crippen molar-refractivity contribution in [2.24, 2.45) is 0 Å². The second kappa shape index (κ2) is 5.57. The molecule has 0 bridgehead atoms. The lowest BCUT2D eigenvalue weighted by Gasteiger charge is -2.28. The number of anilines is 2. The molecule has 1 atom stereocenters. The van der Waals surface area contributed by atoms with Gasteiger partial charge in [-0.3, -0.25) is 0 Å². The summed E-state index contributed by atoms with van der Waals surface area (Å²) in [6.45, 7) is 1.96. The standard InChI is InChI=1S/C14H16F2N2S/c1-9(8-10-4-3-7-19-10)18(2)14-12(17)6-5-11(15)13(14)16/h3-7,9H,8,17H2,1-2H3. The number of thiophene rings is 1. The van der Waals surface area contributed by atoms with Crippen LogP contribution in [0, 0.1) is 11.6 Å². The van der Waals surface area contributed by atoms with E-state index in [0.717, 1.165) is 12.5 Å². The number of benzene rings is 1. The van der Waals surface area contributed by atoms with Crippen molar-refractivity contribution >= 4 is 22.7 Å². The zero-order chi connectivity index (χ0) is 14.0. The van der Waals surface area contributed by atoms with Gasteiger partial charge in [-0.25, -0.2) is 8.78 Å². The van der Waals surface area contributed by atoms with E-state index in [1.54, 1.807) is 23.3 Å². The number of rotatable bonds is 4. The van der Waals surface area contributed by atoms with Crippen LogP contribution in [0.4, 0.5) is 20.2 Å². The topological polar surface area (TPSA) is 29.3 Å². The number of hydrogen-bond acceptors (Lipinski definition) is 3. The lowest BCUT2D eigenvalue weighted by atomic mass is 10.1. The van der Waals surface area contributed by atoms with Gasteiger partial charge in [0.15, 0.2) is 11.6 Å². The number of halogens is 2. The third-order valence-corrected chi connectivity index (χ3v) is 4.09. The summed E-state index contributed by atoms with van der Waals surface area (Å²) < 4.78 is 27.2. The van der Waals surface area contributed by atoms with Crippen molar-refractivity contribution in [3.05, 3.63) is 46.2 Å². The Bertz CT molecular complexity index is 555. The lowest BCUT2D eigenvalue weighted by Crippen LogP contribution is -2.32. The highest BCUT2D eigenvalue weighted by Crippen LogP contribution is 2.30. The summed E-state index contributed by atoms with van der Waals surface area (Å²) in [5.74, 6) is -1.76. The van der Waals surface area contributed by atoms with Crippen LogP contribution < -0.4 is 10.6 Å². The summed E-state index contributed by atoms with van der Waals surface area (Å²) in [5.41, 5.74) is 6.13. The van der Waals surface area contributed by atoms with E-state index in [1.807, 2.05) is 24.4 Å². The molecular weight excluding hydrogens is 266 g/mol. The van der Waals surface area contributed by atoms with Crippen LogP contribution in [0.15, 0.2) is 29.6 Å². The molecule has 1 heterocycles. The molecule has 1 aromatic heterocycles. The van der Waals surface area contributed by atoms with Gasteiger partial charge in [-0.05, 0) is 30.5 Å². The van der Waals surface area contributed by atoms with Crippen LogP contribution >= 0.6 is 11.3 Å². The van der Waals surface area contributed by atoms with Gasteiger partial charge in [0.05, 0.1) is 11.4 Å². The largest absolute Gasteiger partial charge is 0.397 e. The van der Waals surface area contributed by atoms with E-state index in [4.69, 9.17) is 5.73 Å². The van der Waals surface area contributed by atoms with E-state index in [9.17, 15) is 8.78 Å². The van der Waals surface area contributed by atoms with Crippen molar-refractivity contribution in [3.63, 3.8) is 0 Å². The minimum atomic E-state index is -0.888. The van der Waals surface area contributed by atoms with Crippen LogP contribution in [0.2, 0.25) is 0 Å². The van der Waals surface area contributed by atoms with Crippen molar-refractivity contribution in [1.29, 1.82) is 0 Å². The highest BCUT2D eigenvalue weighted by atomic mass is 32.1. The number of nitrogens with zero attached hydrogens (tertiary/aromatic N) is 1. The van der Waals surface area contributed by atoms with Gasteiger partial charge in [0.25, 0.3) is 0 Å². The second-order valence-electron chi connectivity index (χ2n) is 4.54. The van der Waals surface area contributed by atoms with Crippen LogP contribution in [-0.4, -0.2) is 13.1 Å². The molecule has 1 unspecified atom stereocenters. The average Bonchev–Trinajstić information content (AvgIpc) is 2.87. The fourth-order valence-corrected chi connectivity index (χ4v) is 2.82. The lowest BCUT2D eigenvalue weighted by molar-refractivity contribution is 0.504. The number of nitrogens with two attached hydrogens (primary N) is 1. The number of likely N-dealkylation sites (N-methyl/N-ethyl adjacent to an activating group) is 1.